The molecule has 0 saturated carbocycles. The molecule has 1 aliphatic rings. The van der Waals surface area contributed by atoms with Crippen molar-refractivity contribution in [2.45, 2.75) is 25.3 Å². The van der Waals surface area contributed by atoms with Gasteiger partial charge in [0.25, 0.3) is 0 Å². The van der Waals surface area contributed by atoms with Gasteiger partial charge in [0.15, 0.2) is 0 Å². The molecule has 0 bridgehead atoms. The van der Waals surface area contributed by atoms with Gasteiger partial charge >= 0.3 is 0 Å². The van der Waals surface area contributed by atoms with Gasteiger partial charge < -0.3 is 5.32 Å². The van der Waals surface area contributed by atoms with Crippen LogP contribution >= 0.6 is 15.9 Å². The van der Waals surface area contributed by atoms with Gasteiger partial charge in [0.05, 0.1) is 0 Å². The maximum Gasteiger partial charge on any atom is 0.0352 e. The predicted octanol–water partition coefficient (Wildman–Crippen LogP) is 4.51. The molecule has 1 N–H and O–H groups in total. The topological polar surface area (TPSA) is 12.0 Å². The first-order chi connectivity index (χ1) is 9.78. The third-order valence-electron chi connectivity index (χ3n) is 4.34. The summed E-state index contributed by atoms with van der Waals surface area (Å²) >= 11 is 3.57. The van der Waals surface area contributed by atoms with E-state index in [-0.39, 0.29) is 0 Å². The Kier molecular flexibility index (Phi) is 4.23. The Morgan fingerprint density at radius 2 is 2.00 bits per heavy atom. The van der Waals surface area contributed by atoms with Crippen LogP contribution in [0.15, 0.2) is 53.0 Å². The van der Waals surface area contributed by atoms with E-state index in [1.807, 2.05) is 0 Å². The first kappa shape index (κ1) is 13.8. The quantitative estimate of drug-likeness (QED) is 0.873. The fourth-order valence-corrected chi connectivity index (χ4v) is 3.85. The number of rotatable bonds is 3. The zero-order valence-corrected chi connectivity index (χ0v) is 13.4. The second kappa shape index (κ2) is 6.11. The van der Waals surface area contributed by atoms with Gasteiger partial charge in [-0.25, -0.2) is 0 Å². The molecule has 1 aliphatic carbocycles. The molecule has 2 heteroatoms. The third-order valence-corrected chi connectivity index (χ3v) is 4.84. The van der Waals surface area contributed by atoms with E-state index in [0.29, 0.717) is 12.0 Å². The summed E-state index contributed by atoms with van der Waals surface area (Å²) in [6, 6.07) is 18.0. The lowest BCUT2D eigenvalue weighted by Crippen LogP contribution is -2.31. The maximum absolute atomic E-state index is 3.57. The Bertz CT molecular complexity index is 593. The standard InChI is InChI=1S/C18H20BrN/c1-20-18-15(11-13-5-4-7-16(19)12-13)10-9-14-6-2-3-8-17(14)18/h2-8,12,15,18,20H,9-11H2,1H3. The van der Waals surface area contributed by atoms with Gasteiger partial charge in [-0.1, -0.05) is 52.3 Å². The molecule has 0 saturated heterocycles. The molecule has 1 nitrogen and oxygen atoms in total. The molecule has 3 rings (SSSR count). The summed E-state index contributed by atoms with van der Waals surface area (Å²) in [4.78, 5) is 0. The molecule has 2 aromatic rings. The van der Waals surface area contributed by atoms with Crippen LogP contribution in [0.1, 0.15) is 29.2 Å². The maximum atomic E-state index is 3.57. The van der Waals surface area contributed by atoms with E-state index in [2.05, 4.69) is 76.8 Å². The number of fused-ring (bicyclic) bond motifs is 1. The number of hydrogen-bond acceptors (Lipinski definition) is 1. The molecule has 0 amide bonds. The number of benzene rings is 2. The SMILES string of the molecule is CNC1c2ccccc2CCC1Cc1cccc(Br)c1. The first-order valence-electron chi connectivity index (χ1n) is 7.27. The highest BCUT2D eigenvalue weighted by Crippen LogP contribution is 2.36. The molecule has 0 aromatic heterocycles. The molecule has 0 radical (unpaired) electrons. The van der Waals surface area contributed by atoms with Gasteiger partial charge in [-0.3, -0.25) is 0 Å². The highest BCUT2D eigenvalue weighted by atomic mass is 79.9. The Labute approximate surface area is 129 Å². The van der Waals surface area contributed by atoms with Gasteiger partial charge in [-0.05, 0) is 61.1 Å². The molecule has 0 heterocycles. The predicted molar refractivity (Wildman–Crippen MR) is 87.9 cm³/mol. The Balaban J connectivity index is 1.84. The van der Waals surface area contributed by atoms with Crippen LogP contribution in [0.25, 0.3) is 0 Å². The first-order valence-corrected chi connectivity index (χ1v) is 8.06. The zero-order chi connectivity index (χ0) is 13.9. The van der Waals surface area contributed by atoms with Crippen molar-refractivity contribution in [2.75, 3.05) is 7.05 Å². The lowest BCUT2D eigenvalue weighted by molar-refractivity contribution is 0.335. The van der Waals surface area contributed by atoms with Crippen LogP contribution < -0.4 is 5.32 Å². The largest absolute Gasteiger partial charge is 0.313 e. The van der Waals surface area contributed by atoms with Gasteiger partial charge in [0.1, 0.15) is 0 Å². The minimum absolute atomic E-state index is 0.471. The average Bonchev–Trinajstić information content (AvgIpc) is 2.47. The van der Waals surface area contributed by atoms with Crippen LogP contribution in [0.5, 0.6) is 0 Å². The van der Waals surface area contributed by atoms with Crippen molar-refractivity contribution < 1.29 is 0 Å². The Morgan fingerprint density at radius 1 is 1.15 bits per heavy atom. The van der Waals surface area contributed by atoms with Crippen molar-refractivity contribution in [3.05, 3.63) is 69.7 Å². The van der Waals surface area contributed by atoms with E-state index in [1.54, 1.807) is 0 Å². The van der Waals surface area contributed by atoms with E-state index in [4.69, 9.17) is 0 Å². The molecule has 2 unspecified atom stereocenters. The number of hydrogen-bond donors (Lipinski definition) is 1. The van der Waals surface area contributed by atoms with E-state index < -0.39 is 0 Å². The Hall–Kier alpha value is -1.12. The molecule has 0 spiro atoms. The van der Waals surface area contributed by atoms with Crippen molar-refractivity contribution in [2.24, 2.45) is 5.92 Å². The molecule has 0 aliphatic heterocycles. The third kappa shape index (κ3) is 2.82. The summed E-state index contributed by atoms with van der Waals surface area (Å²) in [6.45, 7) is 0. The summed E-state index contributed by atoms with van der Waals surface area (Å²) in [5, 5.41) is 3.53. The molecule has 2 aromatic carbocycles. The van der Waals surface area contributed by atoms with Gasteiger partial charge in [-0.2, -0.15) is 0 Å². The summed E-state index contributed by atoms with van der Waals surface area (Å²) < 4.78 is 1.17. The lowest BCUT2D eigenvalue weighted by atomic mass is 9.77. The van der Waals surface area contributed by atoms with Crippen LogP contribution in [-0.4, -0.2) is 7.05 Å². The van der Waals surface area contributed by atoms with E-state index >= 15 is 0 Å². The normalized spacial score (nSPS) is 21.5. The minimum Gasteiger partial charge on any atom is -0.313 e. The average molecular weight is 330 g/mol. The second-order valence-corrected chi connectivity index (χ2v) is 6.51. The smallest absolute Gasteiger partial charge is 0.0352 e. The summed E-state index contributed by atoms with van der Waals surface area (Å²) in [7, 11) is 2.08. The van der Waals surface area contributed by atoms with Crippen molar-refractivity contribution in [3.8, 4) is 0 Å². The Morgan fingerprint density at radius 3 is 2.80 bits per heavy atom. The van der Waals surface area contributed by atoms with Gasteiger partial charge in [0, 0.05) is 10.5 Å². The van der Waals surface area contributed by atoms with Crippen molar-refractivity contribution in [3.63, 3.8) is 0 Å². The van der Waals surface area contributed by atoms with Crippen LogP contribution in [0, 0.1) is 5.92 Å². The fraction of sp³-hybridized carbons (Fsp3) is 0.333. The molecule has 20 heavy (non-hydrogen) atoms. The van der Waals surface area contributed by atoms with Crippen molar-refractivity contribution in [1.82, 2.24) is 5.32 Å². The van der Waals surface area contributed by atoms with E-state index in [0.717, 1.165) is 6.42 Å². The molecular weight excluding hydrogens is 310 g/mol. The van der Waals surface area contributed by atoms with Crippen LogP contribution in [-0.2, 0) is 12.8 Å². The van der Waals surface area contributed by atoms with Crippen molar-refractivity contribution in [1.29, 1.82) is 0 Å². The highest BCUT2D eigenvalue weighted by Gasteiger charge is 2.28. The summed E-state index contributed by atoms with van der Waals surface area (Å²) in [5.41, 5.74) is 4.42. The monoisotopic (exact) mass is 329 g/mol. The molecule has 104 valence electrons. The van der Waals surface area contributed by atoms with Gasteiger partial charge in [-0.15, -0.1) is 0 Å². The van der Waals surface area contributed by atoms with Crippen LogP contribution in [0.2, 0.25) is 0 Å². The van der Waals surface area contributed by atoms with Crippen molar-refractivity contribution >= 4 is 15.9 Å². The molecule has 0 fully saturated rings. The summed E-state index contributed by atoms with van der Waals surface area (Å²) in [6.07, 6.45) is 3.60. The molecular formula is C18H20BrN. The van der Waals surface area contributed by atoms with E-state index in [1.165, 1.54) is 34.0 Å². The lowest BCUT2D eigenvalue weighted by Gasteiger charge is -2.33. The zero-order valence-electron chi connectivity index (χ0n) is 11.8. The van der Waals surface area contributed by atoms with Gasteiger partial charge in [0.2, 0.25) is 0 Å². The van der Waals surface area contributed by atoms with Crippen LogP contribution in [0.4, 0.5) is 0 Å². The fourth-order valence-electron chi connectivity index (χ4n) is 3.40. The number of aryl methyl sites for hydroxylation is 1. The number of halogens is 1. The van der Waals surface area contributed by atoms with E-state index in [9.17, 15) is 0 Å². The molecule has 2 atom stereocenters. The second-order valence-electron chi connectivity index (χ2n) is 5.60. The number of nitrogens with one attached hydrogen (secondary N) is 1. The summed E-state index contributed by atoms with van der Waals surface area (Å²) in [5.74, 6) is 0.671. The van der Waals surface area contributed by atoms with Crippen LogP contribution in [0.3, 0.4) is 0 Å². The minimum atomic E-state index is 0.471. The highest BCUT2D eigenvalue weighted by molar-refractivity contribution is 9.10.